The zero-order valence-electron chi connectivity index (χ0n) is 10.8. The van der Waals surface area contributed by atoms with Crippen LogP contribution in [0, 0.1) is 11.8 Å². The molecule has 0 aliphatic carbocycles. The molecule has 0 aromatic heterocycles. The summed E-state index contributed by atoms with van der Waals surface area (Å²) in [4.78, 5) is 0. The van der Waals surface area contributed by atoms with Crippen LogP contribution in [0.5, 0.6) is 0 Å². The Kier molecular flexibility index (Phi) is 5.14. The second-order valence-corrected chi connectivity index (χ2v) is 5.26. The van der Waals surface area contributed by atoms with Crippen molar-refractivity contribution in [1.82, 2.24) is 0 Å². The van der Waals surface area contributed by atoms with Gasteiger partial charge in [-0.15, -0.1) is 0 Å². The molecule has 3 heteroatoms. The lowest BCUT2D eigenvalue weighted by molar-refractivity contribution is 0.0815. The molecule has 0 bridgehead atoms. The predicted octanol–water partition coefficient (Wildman–Crippen LogP) is 3.37. The van der Waals surface area contributed by atoms with Gasteiger partial charge in [-0.2, -0.15) is 0 Å². The fraction of sp³-hybridized carbons (Fsp3) is 1.00. The molecule has 0 saturated carbocycles. The molecule has 0 aromatic rings. The zero-order valence-corrected chi connectivity index (χ0v) is 10.8. The smallest absolute Gasteiger partial charge is 0.405 e. The maximum Gasteiger partial charge on any atom is 0.457 e. The first-order valence-electron chi connectivity index (χ1n) is 6.37. The summed E-state index contributed by atoms with van der Waals surface area (Å²) in [5.41, 5.74) is 0. The lowest BCUT2D eigenvalue weighted by Crippen LogP contribution is -2.31. The fourth-order valence-electron chi connectivity index (χ4n) is 2.12. The van der Waals surface area contributed by atoms with Crippen LogP contribution in [0.25, 0.3) is 0 Å². The first-order chi connectivity index (χ1) is 7.06. The molecular weight excluding hydrogens is 187 g/mol. The second kappa shape index (κ2) is 5.90. The van der Waals surface area contributed by atoms with Gasteiger partial charge in [0.25, 0.3) is 0 Å². The van der Waals surface area contributed by atoms with Gasteiger partial charge in [0.1, 0.15) is 0 Å². The highest BCUT2D eigenvalue weighted by Gasteiger charge is 2.41. The minimum absolute atomic E-state index is 0.0461. The van der Waals surface area contributed by atoms with Gasteiger partial charge in [-0.1, -0.05) is 47.5 Å². The summed E-state index contributed by atoms with van der Waals surface area (Å²) >= 11 is 0. The summed E-state index contributed by atoms with van der Waals surface area (Å²) in [5, 5.41) is 0. The molecule has 0 unspecified atom stereocenters. The minimum Gasteiger partial charge on any atom is -0.405 e. The lowest BCUT2D eigenvalue weighted by atomic mass is 9.83. The molecular formula is C12H25BO2. The van der Waals surface area contributed by atoms with Crippen molar-refractivity contribution in [2.45, 2.75) is 66.0 Å². The van der Waals surface area contributed by atoms with Crippen molar-refractivity contribution >= 4 is 7.12 Å². The van der Waals surface area contributed by atoms with E-state index in [0.717, 1.165) is 6.32 Å². The Labute approximate surface area is 94.9 Å². The first-order valence-corrected chi connectivity index (χ1v) is 6.37. The van der Waals surface area contributed by atoms with E-state index in [0.29, 0.717) is 11.8 Å². The van der Waals surface area contributed by atoms with Crippen molar-refractivity contribution in [3.05, 3.63) is 0 Å². The van der Waals surface area contributed by atoms with Gasteiger partial charge in [0.2, 0.25) is 0 Å². The van der Waals surface area contributed by atoms with Crippen molar-refractivity contribution in [1.29, 1.82) is 0 Å². The van der Waals surface area contributed by atoms with Gasteiger partial charge in [0, 0.05) is 0 Å². The lowest BCUT2D eigenvalue weighted by Gasteiger charge is -2.24. The number of rotatable bonds is 5. The van der Waals surface area contributed by atoms with Crippen molar-refractivity contribution in [3.8, 4) is 0 Å². The fourth-order valence-corrected chi connectivity index (χ4v) is 2.12. The number of unbranched alkanes of at least 4 members (excludes halogenated alkanes) is 1. The van der Waals surface area contributed by atoms with Gasteiger partial charge >= 0.3 is 7.12 Å². The van der Waals surface area contributed by atoms with Gasteiger partial charge in [-0.05, 0) is 18.2 Å². The number of hydrogen-bond donors (Lipinski definition) is 0. The molecule has 1 rings (SSSR count). The quantitative estimate of drug-likeness (QED) is 0.650. The summed E-state index contributed by atoms with van der Waals surface area (Å²) in [7, 11) is 0.0461. The van der Waals surface area contributed by atoms with Crippen LogP contribution in [0.1, 0.15) is 47.5 Å². The summed E-state index contributed by atoms with van der Waals surface area (Å²) in [5.74, 6) is 1.09. The van der Waals surface area contributed by atoms with Crippen LogP contribution >= 0.6 is 0 Å². The van der Waals surface area contributed by atoms with Crippen LogP contribution in [-0.4, -0.2) is 19.3 Å². The first kappa shape index (κ1) is 13.1. The minimum atomic E-state index is 0.0461. The highest BCUT2D eigenvalue weighted by molar-refractivity contribution is 6.45. The van der Waals surface area contributed by atoms with Crippen LogP contribution < -0.4 is 0 Å². The van der Waals surface area contributed by atoms with Gasteiger partial charge in [0.05, 0.1) is 12.2 Å². The Morgan fingerprint density at radius 2 is 1.47 bits per heavy atom. The molecule has 1 aliphatic heterocycles. The van der Waals surface area contributed by atoms with Gasteiger partial charge in [-0.3, -0.25) is 0 Å². The van der Waals surface area contributed by atoms with Gasteiger partial charge in [0.15, 0.2) is 0 Å². The summed E-state index contributed by atoms with van der Waals surface area (Å²) in [6.07, 6.45) is 4.02. The second-order valence-electron chi connectivity index (χ2n) is 5.26. The van der Waals surface area contributed by atoms with E-state index in [9.17, 15) is 0 Å². The maximum atomic E-state index is 5.98. The Balaban J connectivity index is 2.49. The largest absolute Gasteiger partial charge is 0.457 e. The molecule has 0 amide bonds. The molecule has 1 aliphatic rings. The highest BCUT2D eigenvalue weighted by Crippen LogP contribution is 2.29. The van der Waals surface area contributed by atoms with E-state index in [1.807, 2.05) is 0 Å². The Hall–Kier alpha value is -0.0151. The van der Waals surface area contributed by atoms with Crippen molar-refractivity contribution in [2.75, 3.05) is 0 Å². The molecule has 88 valence electrons. The Morgan fingerprint density at radius 3 is 1.80 bits per heavy atom. The number of hydrogen-bond acceptors (Lipinski definition) is 2. The van der Waals surface area contributed by atoms with Crippen molar-refractivity contribution < 1.29 is 9.31 Å². The standard InChI is InChI=1S/C12H25BO2/c1-6-7-8-13-14-11(9(2)3)12(15-13)10(4)5/h9-12H,6-8H2,1-5H3/t11-,12-/m0/s1. The van der Waals surface area contributed by atoms with Crippen LogP contribution in [-0.2, 0) is 9.31 Å². The van der Waals surface area contributed by atoms with Gasteiger partial charge in [-0.25, -0.2) is 0 Å². The molecule has 1 fully saturated rings. The normalized spacial score (nSPS) is 27.0. The van der Waals surface area contributed by atoms with Crippen LogP contribution in [0.4, 0.5) is 0 Å². The van der Waals surface area contributed by atoms with Crippen molar-refractivity contribution in [2.24, 2.45) is 11.8 Å². The summed E-state index contributed by atoms with van der Waals surface area (Å²) in [6.45, 7) is 11.1. The SMILES string of the molecule is CCCCB1O[C@@H](C(C)C)[C@H](C(C)C)O1. The van der Waals surface area contributed by atoms with E-state index in [4.69, 9.17) is 9.31 Å². The van der Waals surface area contributed by atoms with Crippen LogP contribution in [0.15, 0.2) is 0 Å². The molecule has 0 aromatic carbocycles. The highest BCUT2D eigenvalue weighted by atomic mass is 16.7. The third-order valence-corrected chi connectivity index (χ3v) is 3.05. The monoisotopic (exact) mass is 212 g/mol. The Morgan fingerprint density at radius 1 is 1.00 bits per heavy atom. The molecule has 0 spiro atoms. The van der Waals surface area contributed by atoms with E-state index < -0.39 is 0 Å². The van der Waals surface area contributed by atoms with Gasteiger partial charge < -0.3 is 9.31 Å². The van der Waals surface area contributed by atoms with Crippen LogP contribution in [0.3, 0.4) is 0 Å². The molecule has 2 nitrogen and oxygen atoms in total. The zero-order chi connectivity index (χ0) is 11.4. The van der Waals surface area contributed by atoms with E-state index in [-0.39, 0.29) is 19.3 Å². The topological polar surface area (TPSA) is 18.5 Å². The van der Waals surface area contributed by atoms with Crippen molar-refractivity contribution in [3.63, 3.8) is 0 Å². The molecule has 15 heavy (non-hydrogen) atoms. The average molecular weight is 212 g/mol. The summed E-state index contributed by atoms with van der Waals surface area (Å²) < 4.78 is 12.0. The van der Waals surface area contributed by atoms with E-state index >= 15 is 0 Å². The molecule has 1 heterocycles. The molecule has 2 atom stereocenters. The third-order valence-electron chi connectivity index (χ3n) is 3.05. The van der Waals surface area contributed by atoms with E-state index in [2.05, 4.69) is 34.6 Å². The Bertz CT molecular complexity index is 166. The van der Waals surface area contributed by atoms with E-state index in [1.165, 1.54) is 12.8 Å². The molecule has 1 saturated heterocycles. The van der Waals surface area contributed by atoms with Crippen LogP contribution in [0.2, 0.25) is 6.32 Å². The molecule has 0 radical (unpaired) electrons. The maximum absolute atomic E-state index is 5.98. The average Bonchev–Trinajstić information content (AvgIpc) is 2.58. The van der Waals surface area contributed by atoms with E-state index in [1.54, 1.807) is 0 Å². The predicted molar refractivity (Wildman–Crippen MR) is 64.9 cm³/mol. The summed E-state index contributed by atoms with van der Waals surface area (Å²) in [6, 6.07) is 0. The third kappa shape index (κ3) is 3.49. The molecule has 0 N–H and O–H groups in total.